The van der Waals surface area contributed by atoms with Gasteiger partial charge in [0.1, 0.15) is 0 Å². The molecule has 1 saturated carbocycles. The van der Waals surface area contributed by atoms with Crippen LogP contribution in [0.1, 0.15) is 32.8 Å². The molecule has 0 amide bonds. The first-order chi connectivity index (χ1) is 9.76. The summed E-state index contributed by atoms with van der Waals surface area (Å²) < 4.78 is 28.1. The molecule has 4 nitrogen and oxygen atoms in total. The van der Waals surface area contributed by atoms with E-state index in [2.05, 4.69) is 39.8 Å². The minimum absolute atomic E-state index is 0.273. The van der Waals surface area contributed by atoms with Gasteiger partial charge in [-0.05, 0) is 57.9 Å². The van der Waals surface area contributed by atoms with Crippen LogP contribution in [0.4, 0.5) is 0 Å². The molecule has 0 radical (unpaired) electrons. The molecular formula is C15H23BrN2O2S. The molecular weight excluding hydrogens is 352 g/mol. The quantitative estimate of drug-likeness (QED) is 0.771. The van der Waals surface area contributed by atoms with E-state index in [-0.39, 0.29) is 5.41 Å². The van der Waals surface area contributed by atoms with E-state index in [9.17, 15) is 8.42 Å². The van der Waals surface area contributed by atoms with Crippen molar-refractivity contribution in [2.45, 2.75) is 38.6 Å². The van der Waals surface area contributed by atoms with E-state index >= 15 is 0 Å². The first-order valence-corrected chi connectivity index (χ1v) is 9.52. The SMILES string of the molecule is CCNCc1ccc(S(=O)(=O)NCC2CC2(C)C)c(Br)c1. The van der Waals surface area contributed by atoms with Crippen molar-refractivity contribution in [3.63, 3.8) is 0 Å². The van der Waals surface area contributed by atoms with Crippen LogP contribution >= 0.6 is 15.9 Å². The van der Waals surface area contributed by atoms with Gasteiger partial charge in [-0.2, -0.15) is 0 Å². The molecule has 0 aliphatic heterocycles. The summed E-state index contributed by atoms with van der Waals surface area (Å²) in [4.78, 5) is 0.307. The van der Waals surface area contributed by atoms with Crippen molar-refractivity contribution in [3.05, 3.63) is 28.2 Å². The zero-order chi connectivity index (χ0) is 15.7. The second kappa shape index (κ2) is 6.36. The van der Waals surface area contributed by atoms with Crippen molar-refractivity contribution in [3.8, 4) is 0 Å². The third-order valence-electron chi connectivity index (χ3n) is 4.10. The van der Waals surface area contributed by atoms with Crippen molar-refractivity contribution in [1.29, 1.82) is 0 Å². The summed E-state index contributed by atoms with van der Waals surface area (Å²) >= 11 is 3.37. The summed E-state index contributed by atoms with van der Waals surface area (Å²) in [5, 5.41) is 3.22. The number of halogens is 1. The van der Waals surface area contributed by atoms with Crippen LogP contribution in [0.2, 0.25) is 0 Å². The van der Waals surface area contributed by atoms with Crippen LogP contribution < -0.4 is 10.0 Å². The van der Waals surface area contributed by atoms with Crippen LogP contribution in [0.3, 0.4) is 0 Å². The maximum absolute atomic E-state index is 12.4. The van der Waals surface area contributed by atoms with E-state index in [0.29, 0.717) is 21.8 Å². The molecule has 1 unspecified atom stereocenters. The summed E-state index contributed by atoms with van der Waals surface area (Å²) in [6.45, 7) is 8.50. The first kappa shape index (κ1) is 16.9. The highest BCUT2D eigenvalue weighted by Gasteiger charge is 2.45. The molecule has 0 saturated heterocycles. The number of hydrogen-bond donors (Lipinski definition) is 2. The minimum Gasteiger partial charge on any atom is -0.313 e. The van der Waals surface area contributed by atoms with Gasteiger partial charge in [-0.15, -0.1) is 0 Å². The fourth-order valence-corrected chi connectivity index (χ4v) is 4.56. The number of benzene rings is 1. The largest absolute Gasteiger partial charge is 0.313 e. The molecule has 0 heterocycles. The summed E-state index contributed by atoms with van der Waals surface area (Å²) in [7, 11) is -3.45. The molecule has 1 fully saturated rings. The van der Waals surface area contributed by atoms with E-state index in [1.807, 2.05) is 19.1 Å². The Morgan fingerprint density at radius 3 is 2.57 bits per heavy atom. The molecule has 1 aromatic carbocycles. The van der Waals surface area contributed by atoms with Crippen LogP contribution in [0.5, 0.6) is 0 Å². The highest BCUT2D eigenvalue weighted by molar-refractivity contribution is 9.10. The third-order valence-corrected chi connectivity index (χ3v) is 6.50. The predicted molar refractivity (Wildman–Crippen MR) is 88.6 cm³/mol. The Labute approximate surface area is 135 Å². The van der Waals surface area contributed by atoms with Gasteiger partial charge in [0, 0.05) is 17.6 Å². The van der Waals surface area contributed by atoms with Gasteiger partial charge in [-0.3, -0.25) is 0 Å². The molecule has 1 atom stereocenters. The fraction of sp³-hybridized carbons (Fsp3) is 0.600. The van der Waals surface area contributed by atoms with Gasteiger partial charge in [-0.25, -0.2) is 13.1 Å². The zero-order valence-electron chi connectivity index (χ0n) is 12.7. The van der Waals surface area contributed by atoms with Gasteiger partial charge in [0.05, 0.1) is 4.90 Å². The number of hydrogen-bond acceptors (Lipinski definition) is 3. The summed E-state index contributed by atoms with van der Waals surface area (Å²) in [6, 6.07) is 5.37. The second-order valence-corrected chi connectivity index (χ2v) is 8.88. The molecule has 118 valence electrons. The van der Waals surface area contributed by atoms with E-state index in [1.165, 1.54) is 0 Å². The Morgan fingerprint density at radius 2 is 2.05 bits per heavy atom. The molecule has 2 rings (SSSR count). The first-order valence-electron chi connectivity index (χ1n) is 7.25. The van der Waals surface area contributed by atoms with Crippen molar-refractivity contribution >= 4 is 26.0 Å². The van der Waals surface area contributed by atoms with Gasteiger partial charge in [0.15, 0.2) is 0 Å². The summed E-state index contributed by atoms with van der Waals surface area (Å²) in [5.41, 5.74) is 1.33. The maximum Gasteiger partial charge on any atom is 0.241 e. The third kappa shape index (κ3) is 4.28. The lowest BCUT2D eigenvalue weighted by molar-refractivity contribution is 0.537. The maximum atomic E-state index is 12.4. The summed E-state index contributed by atoms with van der Waals surface area (Å²) in [6.07, 6.45) is 1.08. The molecule has 0 spiro atoms. The lowest BCUT2D eigenvalue weighted by atomic mass is 10.1. The standard InChI is InChI=1S/C15H23BrN2O2S/c1-4-17-9-11-5-6-14(13(16)7-11)21(19,20)18-10-12-8-15(12,2)3/h5-7,12,17-18H,4,8-10H2,1-3H3. The van der Waals surface area contributed by atoms with Crippen molar-refractivity contribution in [2.75, 3.05) is 13.1 Å². The van der Waals surface area contributed by atoms with E-state index < -0.39 is 10.0 Å². The van der Waals surface area contributed by atoms with E-state index in [1.54, 1.807) is 6.07 Å². The van der Waals surface area contributed by atoms with Gasteiger partial charge >= 0.3 is 0 Å². The Hall–Kier alpha value is -0.430. The molecule has 1 aromatic rings. The molecule has 6 heteroatoms. The molecule has 0 aromatic heterocycles. The Morgan fingerprint density at radius 1 is 1.38 bits per heavy atom. The lowest BCUT2D eigenvalue weighted by Gasteiger charge is -2.11. The van der Waals surface area contributed by atoms with E-state index in [4.69, 9.17) is 0 Å². The second-order valence-electron chi connectivity index (χ2n) is 6.29. The molecule has 1 aliphatic carbocycles. The molecule has 21 heavy (non-hydrogen) atoms. The van der Waals surface area contributed by atoms with Crippen molar-refractivity contribution < 1.29 is 8.42 Å². The molecule has 1 aliphatic rings. The minimum atomic E-state index is -3.45. The zero-order valence-corrected chi connectivity index (χ0v) is 15.1. The normalized spacial score (nSPS) is 20.5. The number of sulfonamides is 1. The van der Waals surface area contributed by atoms with Crippen molar-refractivity contribution in [2.24, 2.45) is 11.3 Å². The van der Waals surface area contributed by atoms with Gasteiger partial charge in [0.2, 0.25) is 10.0 Å². The van der Waals surface area contributed by atoms with Crippen LogP contribution in [0.15, 0.2) is 27.6 Å². The topological polar surface area (TPSA) is 58.2 Å². The average molecular weight is 375 g/mol. The average Bonchev–Trinajstić information content (AvgIpc) is 3.01. The monoisotopic (exact) mass is 374 g/mol. The Balaban J connectivity index is 2.05. The Bertz CT molecular complexity index is 614. The van der Waals surface area contributed by atoms with Crippen LogP contribution in [0, 0.1) is 11.3 Å². The highest BCUT2D eigenvalue weighted by Crippen LogP contribution is 2.51. The van der Waals surface area contributed by atoms with Crippen LogP contribution in [0.25, 0.3) is 0 Å². The molecule has 2 N–H and O–H groups in total. The number of nitrogens with one attached hydrogen (secondary N) is 2. The lowest BCUT2D eigenvalue weighted by Crippen LogP contribution is -2.27. The van der Waals surface area contributed by atoms with E-state index in [0.717, 1.165) is 25.1 Å². The van der Waals surface area contributed by atoms with Gasteiger partial charge in [0.25, 0.3) is 0 Å². The van der Waals surface area contributed by atoms with Crippen LogP contribution in [-0.4, -0.2) is 21.5 Å². The van der Waals surface area contributed by atoms with Crippen LogP contribution in [-0.2, 0) is 16.6 Å². The van der Waals surface area contributed by atoms with Gasteiger partial charge < -0.3 is 5.32 Å². The van der Waals surface area contributed by atoms with Gasteiger partial charge in [-0.1, -0.05) is 26.8 Å². The van der Waals surface area contributed by atoms with Crippen molar-refractivity contribution in [1.82, 2.24) is 10.0 Å². The summed E-state index contributed by atoms with van der Waals surface area (Å²) in [5.74, 6) is 0.444. The molecule has 0 bridgehead atoms. The number of rotatable bonds is 7. The Kier molecular flexibility index (Phi) is 5.13. The smallest absolute Gasteiger partial charge is 0.241 e. The fourth-order valence-electron chi connectivity index (χ4n) is 2.35. The predicted octanol–water partition coefficient (Wildman–Crippen LogP) is 2.88. The highest BCUT2D eigenvalue weighted by atomic mass is 79.9.